The fourth-order valence-corrected chi connectivity index (χ4v) is 5.08. The van der Waals surface area contributed by atoms with Gasteiger partial charge in [-0.15, -0.1) is 0 Å². The number of nitrogens with zero attached hydrogens (tertiary/aromatic N) is 4. The number of halogens is 1. The summed E-state index contributed by atoms with van der Waals surface area (Å²) in [5, 5.41) is 4.41. The number of imidazole rings is 1. The molecule has 0 spiro atoms. The second-order valence-electron chi connectivity index (χ2n) is 7.70. The summed E-state index contributed by atoms with van der Waals surface area (Å²) in [5.74, 6) is -0.400. The molecule has 2 aliphatic rings. The van der Waals surface area contributed by atoms with Crippen molar-refractivity contribution in [1.29, 1.82) is 0 Å². The molecule has 142 valence electrons. The highest BCUT2D eigenvalue weighted by molar-refractivity contribution is 7.22. The summed E-state index contributed by atoms with van der Waals surface area (Å²) < 4.78 is 18.4. The van der Waals surface area contributed by atoms with Gasteiger partial charge in [-0.3, -0.25) is 9.13 Å². The summed E-state index contributed by atoms with van der Waals surface area (Å²) in [7, 11) is 0. The van der Waals surface area contributed by atoms with Crippen molar-refractivity contribution in [3.05, 3.63) is 52.8 Å². The van der Waals surface area contributed by atoms with Crippen molar-refractivity contribution in [2.75, 3.05) is 5.32 Å². The number of fused-ring (bicyclic) bond motifs is 2. The van der Waals surface area contributed by atoms with Crippen LogP contribution < -0.4 is 11.0 Å². The Morgan fingerprint density at radius 1 is 1.14 bits per heavy atom. The first-order valence-corrected chi connectivity index (χ1v) is 10.4. The highest BCUT2D eigenvalue weighted by atomic mass is 32.1. The third kappa shape index (κ3) is 2.47. The van der Waals surface area contributed by atoms with E-state index in [2.05, 4.69) is 21.4 Å². The first-order valence-electron chi connectivity index (χ1n) is 9.57. The number of aromatic nitrogens is 4. The van der Waals surface area contributed by atoms with Crippen molar-refractivity contribution in [2.24, 2.45) is 0 Å². The van der Waals surface area contributed by atoms with Gasteiger partial charge in [0.2, 0.25) is 0 Å². The van der Waals surface area contributed by atoms with Crippen LogP contribution in [0.4, 0.5) is 9.52 Å². The van der Waals surface area contributed by atoms with Crippen LogP contribution in [0.3, 0.4) is 0 Å². The lowest BCUT2D eigenvalue weighted by Gasteiger charge is -2.36. The van der Waals surface area contributed by atoms with E-state index in [1.54, 1.807) is 20.5 Å². The zero-order chi connectivity index (χ0) is 18.8. The van der Waals surface area contributed by atoms with Crippen LogP contribution in [0.1, 0.15) is 37.8 Å². The van der Waals surface area contributed by atoms with E-state index in [9.17, 15) is 9.18 Å². The zero-order valence-corrected chi connectivity index (χ0v) is 15.8. The Hall–Kier alpha value is -2.74. The van der Waals surface area contributed by atoms with Crippen molar-refractivity contribution >= 4 is 37.8 Å². The highest BCUT2D eigenvalue weighted by Crippen LogP contribution is 2.40. The number of benzene rings is 1. The van der Waals surface area contributed by atoms with Gasteiger partial charge >= 0.3 is 5.69 Å². The minimum Gasteiger partial charge on any atom is -0.359 e. The standard InChI is InChI=1S/C20H18FN5OS/c21-11-7-16-18(22-10-11)26(20(27)25(16)13-5-6-13)14-8-12(9-14)23-19-24-15-3-1-2-4-17(15)28-19/h1-4,7,10,12-14H,5-6,8-9H2,(H,23,24). The van der Waals surface area contributed by atoms with Crippen molar-refractivity contribution in [2.45, 2.75) is 43.8 Å². The Morgan fingerprint density at radius 2 is 1.96 bits per heavy atom. The average Bonchev–Trinajstić information content (AvgIpc) is 3.33. The average molecular weight is 395 g/mol. The van der Waals surface area contributed by atoms with Crippen molar-refractivity contribution in [1.82, 2.24) is 19.1 Å². The zero-order valence-electron chi connectivity index (χ0n) is 15.0. The molecule has 0 radical (unpaired) electrons. The number of rotatable bonds is 4. The van der Waals surface area contributed by atoms with Crippen LogP contribution in [0.5, 0.6) is 0 Å². The molecule has 1 N–H and O–H groups in total. The Bertz CT molecular complexity index is 1230. The van der Waals surface area contributed by atoms with E-state index in [1.807, 2.05) is 18.2 Å². The summed E-state index contributed by atoms with van der Waals surface area (Å²) in [5.41, 5.74) is 2.16. The van der Waals surface area contributed by atoms with Crippen LogP contribution in [0, 0.1) is 5.82 Å². The van der Waals surface area contributed by atoms with Gasteiger partial charge in [0, 0.05) is 24.2 Å². The Morgan fingerprint density at radius 3 is 2.75 bits per heavy atom. The van der Waals surface area contributed by atoms with Crippen LogP contribution in [-0.2, 0) is 0 Å². The van der Waals surface area contributed by atoms with Gasteiger partial charge in [-0.2, -0.15) is 0 Å². The van der Waals surface area contributed by atoms with E-state index in [-0.39, 0.29) is 23.8 Å². The first-order chi connectivity index (χ1) is 13.7. The third-order valence-corrected chi connectivity index (χ3v) is 6.69. The summed E-state index contributed by atoms with van der Waals surface area (Å²) >= 11 is 1.65. The maximum Gasteiger partial charge on any atom is 0.330 e. The van der Waals surface area contributed by atoms with E-state index in [4.69, 9.17) is 0 Å². The highest BCUT2D eigenvalue weighted by Gasteiger charge is 2.37. The SMILES string of the molecule is O=c1n(C2CC2)c2cc(F)cnc2n1C1CC(Nc2nc3ccccc3s2)C1. The number of pyridine rings is 1. The van der Waals surface area contributed by atoms with Gasteiger partial charge in [-0.1, -0.05) is 23.5 Å². The van der Waals surface area contributed by atoms with Crippen LogP contribution in [0.25, 0.3) is 21.4 Å². The number of hydrogen-bond donors (Lipinski definition) is 1. The van der Waals surface area contributed by atoms with E-state index in [1.165, 1.54) is 12.3 Å². The number of para-hydroxylation sites is 1. The van der Waals surface area contributed by atoms with Gasteiger partial charge in [0.15, 0.2) is 10.8 Å². The minimum atomic E-state index is -0.400. The molecule has 2 fully saturated rings. The molecule has 4 aromatic rings. The monoisotopic (exact) mass is 395 g/mol. The topological polar surface area (TPSA) is 64.7 Å². The molecule has 0 saturated heterocycles. The fourth-order valence-electron chi connectivity index (χ4n) is 4.13. The normalized spacial score (nSPS) is 21.9. The number of thiazole rings is 1. The lowest BCUT2D eigenvalue weighted by atomic mass is 9.86. The Balaban J connectivity index is 1.27. The second-order valence-corrected chi connectivity index (χ2v) is 8.73. The lowest BCUT2D eigenvalue weighted by molar-refractivity contribution is 0.280. The van der Waals surface area contributed by atoms with Crippen LogP contribution in [-0.4, -0.2) is 25.1 Å². The Labute approximate surface area is 163 Å². The van der Waals surface area contributed by atoms with Gasteiger partial charge in [0.05, 0.1) is 21.9 Å². The molecule has 2 saturated carbocycles. The molecule has 8 heteroatoms. The fraction of sp³-hybridized carbons (Fsp3) is 0.350. The molecule has 0 unspecified atom stereocenters. The molecular formula is C20H18FN5OS. The predicted molar refractivity (Wildman–Crippen MR) is 108 cm³/mol. The van der Waals surface area contributed by atoms with Crippen molar-refractivity contribution < 1.29 is 4.39 Å². The van der Waals surface area contributed by atoms with Crippen LogP contribution in [0.2, 0.25) is 0 Å². The van der Waals surface area contributed by atoms with Crippen molar-refractivity contribution in [3.8, 4) is 0 Å². The molecule has 28 heavy (non-hydrogen) atoms. The largest absolute Gasteiger partial charge is 0.359 e. The molecule has 3 aromatic heterocycles. The van der Waals surface area contributed by atoms with Gasteiger partial charge in [0.1, 0.15) is 5.82 Å². The molecule has 0 aliphatic heterocycles. The number of nitrogens with one attached hydrogen (secondary N) is 1. The molecule has 3 heterocycles. The maximum atomic E-state index is 13.7. The summed E-state index contributed by atoms with van der Waals surface area (Å²) in [6, 6.07) is 10.1. The van der Waals surface area contributed by atoms with Gasteiger partial charge in [-0.25, -0.2) is 19.2 Å². The quantitative estimate of drug-likeness (QED) is 0.565. The molecule has 6 rings (SSSR count). The number of hydrogen-bond acceptors (Lipinski definition) is 5. The van der Waals surface area contributed by atoms with Crippen LogP contribution >= 0.6 is 11.3 Å². The minimum absolute atomic E-state index is 0.0564. The van der Waals surface area contributed by atoms with E-state index in [0.717, 1.165) is 41.0 Å². The van der Waals surface area contributed by atoms with Crippen LogP contribution in [0.15, 0.2) is 41.3 Å². The molecule has 2 aliphatic carbocycles. The smallest absolute Gasteiger partial charge is 0.330 e. The predicted octanol–water partition coefficient (Wildman–Crippen LogP) is 4.10. The molecule has 0 atom stereocenters. The second kappa shape index (κ2) is 5.88. The van der Waals surface area contributed by atoms with E-state index < -0.39 is 5.82 Å². The van der Waals surface area contributed by atoms with Gasteiger partial charge < -0.3 is 5.32 Å². The van der Waals surface area contributed by atoms with E-state index >= 15 is 0 Å². The van der Waals surface area contributed by atoms with Gasteiger partial charge in [0.25, 0.3) is 0 Å². The van der Waals surface area contributed by atoms with E-state index in [0.29, 0.717) is 11.2 Å². The Kier molecular flexibility index (Phi) is 3.41. The number of anilines is 1. The molecule has 0 amide bonds. The molecule has 1 aromatic carbocycles. The maximum absolute atomic E-state index is 13.7. The summed E-state index contributed by atoms with van der Waals surface area (Å²) in [4.78, 5) is 21.9. The molecule has 0 bridgehead atoms. The third-order valence-electron chi connectivity index (χ3n) is 5.73. The molecule has 6 nitrogen and oxygen atoms in total. The van der Waals surface area contributed by atoms with Crippen molar-refractivity contribution in [3.63, 3.8) is 0 Å². The van der Waals surface area contributed by atoms with Gasteiger partial charge in [-0.05, 0) is 37.8 Å². The molecular weight excluding hydrogens is 377 g/mol. The first kappa shape index (κ1) is 16.2. The lowest BCUT2D eigenvalue weighted by Crippen LogP contribution is -2.41. The summed E-state index contributed by atoms with van der Waals surface area (Å²) in [6.45, 7) is 0. The summed E-state index contributed by atoms with van der Waals surface area (Å²) in [6.07, 6.45) is 4.81.